The molecule has 1 heterocycles. The second-order valence-electron chi connectivity index (χ2n) is 8.02. The molecule has 1 aliphatic carbocycles. The number of Topliss-reactive ketones (excluding diaryl/α,β-unsaturated/α-hetero) is 2. The summed E-state index contributed by atoms with van der Waals surface area (Å²) in [5.74, 6) is -1.49. The van der Waals surface area contributed by atoms with Crippen LogP contribution in [-0.4, -0.2) is 42.3 Å². The standard InChI is InChI=1S/C24H22ClNO7/c1-11-7-14(26-13-5-6-15(12(2)27)16(28)8-13)9-19(29)24(11)23(30)20-17(31-3)10-18(32-4)21(25)22(20)33-24/h5-6,8-11,26,28H,7H2,1-4H3. The van der Waals surface area contributed by atoms with Crippen LogP contribution in [0.15, 0.2) is 36.0 Å². The molecule has 8 nitrogen and oxygen atoms in total. The first kappa shape index (κ1) is 22.7. The van der Waals surface area contributed by atoms with Crippen molar-refractivity contribution in [3.05, 3.63) is 52.2 Å². The lowest BCUT2D eigenvalue weighted by Gasteiger charge is -2.35. The van der Waals surface area contributed by atoms with E-state index >= 15 is 0 Å². The van der Waals surface area contributed by atoms with Crippen molar-refractivity contribution in [2.75, 3.05) is 19.5 Å². The first-order chi connectivity index (χ1) is 15.6. The monoisotopic (exact) mass is 471 g/mol. The summed E-state index contributed by atoms with van der Waals surface area (Å²) in [5.41, 5.74) is -0.423. The van der Waals surface area contributed by atoms with E-state index in [0.717, 1.165) is 0 Å². The molecule has 4 rings (SSSR count). The van der Waals surface area contributed by atoms with Crippen molar-refractivity contribution >= 4 is 34.6 Å². The van der Waals surface area contributed by atoms with Crippen molar-refractivity contribution in [2.45, 2.75) is 25.9 Å². The Morgan fingerprint density at radius 2 is 1.91 bits per heavy atom. The number of methoxy groups -OCH3 is 2. The molecule has 0 bridgehead atoms. The van der Waals surface area contributed by atoms with Crippen molar-refractivity contribution in [1.29, 1.82) is 0 Å². The zero-order valence-corrected chi connectivity index (χ0v) is 19.2. The number of ether oxygens (including phenoxy) is 3. The molecule has 2 aromatic carbocycles. The number of phenols is 1. The summed E-state index contributed by atoms with van der Waals surface area (Å²) in [4.78, 5) is 38.3. The van der Waals surface area contributed by atoms with Gasteiger partial charge in [-0.15, -0.1) is 0 Å². The number of benzene rings is 2. The summed E-state index contributed by atoms with van der Waals surface area (Å²) in [6.45, 7) is 3.10. The summed E-state index contributed by atoms with van der Waals surface area (Å²) < 4.78 is 16.6. The van der Waals surface area contributed by atoms with Gasteiger partial charge in [-0.3, -0.25) is 14.4 Å². The van der Waals surface area contributed by atoms with Crippen LogP contribution in [0.25, 0.3) is 0 Å². The Hall–Kier alpha value is -3.52. The molecule has 0 radical (unpaired) electrons. The Bertz CT molecular complexity index is 1240. The van der Waals surface area contributed by atoms with E-state index in [1.807, 2.05) is 0 Å². The van der Waals surface area contributed by atoms with Crippen LogP contribution < -0.4 is 19.5 Å². The number of ketones is 3. The Labute approximate surface area is 195 Å². The third kappa shape index (κ3) is 3.41. The normalized spacial score (nSPS) is 21.4. The minimum atomic E-state index is -1.77. The minimum absolute atomic E-state index is 0.0626. The van der Waals surface area contributed by atoms with Crippen LogP contribution in [0.5, 0.6) is 23.0 Å². The lowest BCUT2D eigenvalue weighted by molar-refractivity contribution is -0.129. The van der Waals surface area contributed by atoms with Crippen molar-refractivity contribution in [3.8, 4) is 23.0 Å². The Balaban J connectivity index is 1.68. The number of phenolic OH excluding ortho intramolecular Hbond substituents is 1. The summed E-state index contributed by atoms with van der Waals surface area (Å²) in [7, 11) is 2.83. The van der Waals surface area contributed by atoms with Gasteiger partial charge in [0.05, 0.1) is 19.8 Å². The molecule has 0 aromatic heterocycles. The number of hydrogen-bond donors (Lipinski definition) is 2. The Morgan fingerprint density at radius 1 is 1.21 bits per heavy atom. The van der Waals surface area contributed by atoms with Crippen molar-refractivity contribution in [2.24, 2.45) is 5.92 Å². The topological polar surface area (TPSA) is 111 Å². The number of anilines is 1. The van der Waals surface area contributed by atoms with Gasteiger partial charge in [0.15, 0.2) is 11.5 Å². The molecule has 2 aromatic rings. The molecule has 2 unspecified atom stereocenters. The maximum absolute atomic E-state index is 13.5. The number of carbonyl (C=O) groups excluding carboxylic acids is 3. The summed E-state index contributed by atoms with van der Waals surface area (Å²) >= 11 is 6.39. The van der Waals surface area contributed by atoms with Crippen LogP contribution in [0.2, 0.25) is 5.02 Å². The zero-order valence-electron chi connectivity index (χ0n) is 18.4. The van der Waals surface area contributed by atoms with E-state index in [1.165, 1.54) is 45.4 Å². The van der Waals surface area contributed by atoms with E-state index in [1.54, 1.807) is 13.0 Å². The average Bonchev–Trinajstić information content (AvgIpc) is 3.07. The van der Waals surface area contributed by atoms with Gasteiger partial charge in [0.25, 0.3) is 0 Å². The van der Waals surface area contributed by atoms with Crippen molar-refractivity contribution in [1.82, 2.24) is 0 Å². The fourth-order valence-corrected chi connectivity index (χ4v) is 4.57. The number of rotatable bonds is 5. The van der Waals surface area contributed by atoms with Gasteiger partial charge in [0, 0.05) is 35.5 Å². The quantitative estimate of drug-likeness (QED) is 0.493. The number of allylic oxidation sites excluding steroid dienone is 1. The molecule has 0 saturated heterocycles. The van der Waals surface area contributed by atoms with E-state index in [2.05, 4.69) is 5.32 Å². The molecular formula is C24H22ClNO7. The molecule has 2 aliphatic rings. The molecule has 172 valence electrons. The van der Waals surface area contributed by atoms with Crippen LogP contribution in [0.3, 0.4) is 0 Å². The maximum Gasteiger partial charge on any atom is 0.236 e. The molecule has 9 heteroatoms. The highest BCUT2D eigenvalue weighted by atomic mass is 35.5. The van der Waals surface area contributed by atoms with Crippen molar-refractivity contribution in [3.63, 3.8) is 0 Å². The highest BCUT2D eigenvalue weighted by molar-refractivity contribution is 6.36. The fourth-order valence-electron chi connectivity index (χ4n) is 4.31. The lowest BCUT2D eigenvalue weighted by Crippen LogP contribution is -2.55. The largest absolute Gasteiger partial charge is 0.507 e. The molecule has 2 atom stereocenters. The van der Waals surface area contributed by atoms with Gasteiger partial charge < -0.3 is 24.6 Å². The predicted molar refractivity (Wildman–Crippen MR) is 121 cm³/mol. The Kier molecular flexibility index (Phi) is 5.57. The SMILES string of the molecule is COc1cc(OC)c2c(c1Cl)OC1(C(=O)C=C(Nc3ccc(C(C)=O)c(O)c3)CC1C)C2=O. The van der Waals surface area contributed by atoms with Gasteiger partial charge in [-0.1, -0.05) is 18.5 Å². The molecular weight excluding hydrogens is 450 g/mol. The zero-order chi connectivity index (χ0) is 24.1. The smallest absolute Gasteiger partial charge is 0.236 e. The van der Waals surface area contributed by atoms with E-state index in [4.69, 9.17) is 25.8 Å². The molecule has 0 saturated carbocycles. The number of nitrogens with one attached hydrogen (secondary N) is 1. The van der Waals surface area contributed by atoms with E-state index in [0.29, 0.717) is 17.8 Å². The first-order valence-corrected chi connectivity index (χ1v) is 10.6. The molecule has 33 heavy (non-hydrogen) atoms. The highest BCUT2D eigenvalue weighted by Gasteiger charge is 2.60. The summed E-state index contributed by atoms with van der Waals surface area (Å²) in [5, 5.41) is 13.2. The van der Waals surface area contributed by atoms with Crippen LogP contribution in [-0.2, 0) is 4.79 Å². The van der Waals surface area contributed by atoms with E-state index in [-0.39, 0.29) is 44.9 Å². The number of hydrogen-bond acceptors (Lipinski definition) is 8. The maximum atomic E-state index is 13.5. The van der Waals surface area contributed by atoms with Crippen molar-refractivity contribution < 1.29 is 33.7 Å². The van der Waals surface area contributed by atoms with Crippen LogP contribution >= 0.6 is 11.6 Å². The predicted octanol–water partition coefficient (Wildman–Crippen LogP) is 4.18. The van der Waals surface area contributed by atoms with Gasteiger partial charge in [-0.2, -0.15) is 0 Å². The lowest BCUT2D eigenvalue weighted by atomic mass is 9.74. The second-order valence-corrected chi connectivity index (χ2v) is 8.40. The number of fused-ring (bicyclic) bond motifs is 1. The third-order valence-corrected chi connectivity index (χ3v) is 6.35. The molecule has 0 amide bonds. The molecule has 1 aliphatic heterocycles. The number of carbonyl (C=O) groups is 3. The van der Waals surface area contributed by atoms with Gasteiger partial charge in [0.2, 0.25) is 17.2 Å². The van der Waals surface area contributed by atoms with Gasteiger partial charge in [-0.25, -0.2) is 0 Å². The highest BCUT2D eigenvalue weighted by Crippen LogP contribution is 2.53. The molecule has 0 fully saturated rings. The van der Waals surface area contributed by atoms with Crippen LogP contribution in [0.1, 0.15) is 41.0 Å². The van der Waals surface area contributed by atoms with Crippen LogP contribution in [0.4, 0.5) is 5.69 Å². The first-order valence-electron chi connectivity index (χ1n) is 10.2. The Morgan fingerprint density at radius 3 is 2.48 bits per heavy atom. The summed E-state index contributed by atoms with van der Waals surface area (Å²) in [6.07, 6.45) is 1.62. The average molecular weight is 472 g/mol. The fraction of sp³-hybridized carbons (Fsp3) is 0.292. The third-order valence-electron chi connectivity index (χ3n) is 5.99. The molecule has 1 spiro atoms. The second kappa shape index (κ2) is 8.12. The molecule has 2 N–H and O–H groups in total. The number of halogens is 1. The number of aromatic hydroxyl groups is 1. The van der Waals surface area contributed by atoms with Gasteiger partial charge in [0.1, 0.15) is 27.8 Å². The van der Waals surface area contributed by atoms with E-state index < -0.39 is 23.1 Å². The van der Waals surface area contributed by atoms with Crippen LogP contribution in [0, 0.1) is 5.92 Å². The van der Waals surface area contributed by atoms with Gasteiger partial charge >= 0.3 is 0 Å². The summed E-state index contributed by atoms with van der Waals surface area (Å²) in [6, 6.07) is 6.01. The minimum Gasteiger partial charge on any atom is -0.507 e. The van der Waals surface area contributed by atoms with Gasteiger partial charge in [-0.05, 0) is 25.5 Å². The van der Waals surface area contributed by atoms with E-state index in [9.17, 15) is 19.5 Å².